The fourth-order valence-corrected chi connectivity index (χ4v) is 9.75. The zero-order valence-corrected chi connectivity index (χ0v) is 42.6. The van der Waals surface area contributed by atoms with Crippen LogP contribution in [-0.4, -0.2) is 67.3 Å². The summed E-state index contributed by atoms with van der Waals surface area (Å²) in [5, 5.41) is 11.4. The number of nitrogens with zero attached hydrogens (tertiary/aromatic N) is 4. The number of hydrogen-bond acceptors (Lipinski definition) is 16. The first-order chi connectivity index (χ1) is 30.7. The molecule has 7 aromatic rings. The van der Waals surface area contributed by atoms with Gasteiger partial charge in [-0.05, 0) is 63.9 Å². The SMILES string of the molecule is Nc1nnnc(N(c2ccccc2)c2ccccc2)c1N.O=S(=O)(O)c1cccc(C=Cc2ccccc2)c1S(=O)(=O)O.O=S(=O)([O-])c1cccc(C=Cc2ccccc2)c1S(=O)(=O)[O-].[Na+].[Na+]. The van der Waals surface area contributed by atoms with E-state index in [4.69, 9.17) is 16.0 Å². The van der Waals surface area contributed by atoms with Crippen molar-refractivity contribution in [2.75, 3.05) is 16.4 Å². The molecule has 0 saturated carbocycles. The average Bonchev–Trinajstić information content (AvgIpc) is 3.27. The van der Waals surface area contributed by atoms with Gasteiger partial charge in [0.05, 0.1) is 9.79 Å². The van der Waals surface area contributed by atoms with E-state index in [1.54, 1.807) is 66.7 Å². The van der Waals surface area contributed by atoms with Crippen molar-refractivity contribution in [3.8, 4) is 0 Å². The third kappa shape index (κ3) is 16.0. The summed E-state index contributed by atoms with van der Waals surface area (Å²) in [6, 6.07) is 43.9. The standard InChI is InChI=1S/C15H14N6.2C14H12O6S2.2Na/c16-13-14(17)18-20-19-15(13)21(11-7-3-1-4-8-11)12-9-5-2-6-10-12;2*15-21(16,17)13-8-4-7-12(14(13)22(18,19)20)10-9-11-5-2-1-3-6-11;;/h1-10H,(H2,16,20)(H2,17,18,19);2*1-10H,(H,15,16,17)(H,18,19,20);;/q;;;2*+1/p-2. The molecule has 6 N–H and O–H groups in total. The Balaban J connectivity index is 0.000000263. The van der Waals surface area contributed by atoms with E-state index in [-0.39, 0.29) is 76.1 Å². The molecular formula is C43H36N6Na2O12S4. The summed E-state index contributed by atoms with van der Waals surface area (Å²) in [4.78, 5) is -1.91. The molecular weight excluding hydrogens is 967 g/mol. The third-order valence-electron chi connectivity index (χ3n) is 8.63. The Morgan fingerprint density at radius 1 is 0.463 bits per heavy atom. The maximum atomic E-state index is 11.5. The third-order valence-corrected chi connectivity index (χ3v) is 12.6. The van der Waals surface area contributed by atoms with Crippen molar-refractivity contribution in [3.05, 3.63) is 180 Å². The van der Waals surface area contributed by atoms with Gasteiger partial charge in [-0.2, -0.15) is 16.8 Å². The van der Waals surface area contributed by atoms with Crippen LogP contribution in [-0.2, 0) is 40.5 Å². The van der Waals surface area contributed by atoms with Crippen LogP contribution in [0.4, 0.5) is 28.7 Å². The van der Waals surface area contributed by atoms with E-state index in [9.17, 15) is 47.3 Å². The molecule has 0 amide bonds. The Kier molecular flexibility index (Phi) is 20.7. The van der Waals surface area contributed by atoms with Crippen LogP contribution in [0, 0.1) is 0 Å². The van der Waals surface area contributed by atoms with Crippen LogP contribution in [0.15, 0.2) is 177 Å². The topological polar surface area (TPSA) is 317 Å². The molecule has 1 aromatic heterocycles. The van der Waals surface area contributed by atoms with E-state index in [2.05, 4.69) is 15.4 Å². The van der Waals surface area contributed by atoms with Gasteiger partial charge in [0.1, 0.15) is 35.7 Å². The minimum atomic E-state index is -5.13. The number of hydrogen-bond donors (Lipinski definition) is 4. The first-order valence-corrected chi connectivity index (χ1v) is 24.1. The molecule has 0 aliphatic heterocycles. The molecule has 0 bridgehead atoms. The molecule has 18 nitrogen and oxygen atoms in total. The van der Waals surface area contributed by atoms with E-state index in [1.165, 1.54) is 42.5 Å². The van der Waals surface area contributed by atoms with Crippen LogP contribution in [0.2, 0.25) is 0 Å². The summed E-state index contributed by atoms with van der Waals surface area (Å²) in [6.07, 6.45) is 5.67. The second-order valence-electron chi connectivity index (χ2n) is 13.1. The van der Waals surface area contributed by atoms with Crippen molar-refractivity contribution in [1.29, 1.82) is 0 Å². The molecule has 0 fully saturated rings. The van der Waals surface area contributed by atoms with E-state index in [0.29, 0.717) is 17.1 Å². The van der Waals surface area contributed by atoms with Crippen LogP contribution in [0.1, 0.15) is 22.3 Å². The first kappa shape index (κ1) is 56.2. The van der Waals surface area contributed by atoms with E-state index < -0.39 is 60.1 Å². The summed E-state index contributed by atoms with van der Waals surface area (Å²) in [5.74, 6) is 0.622. The van der Waals surface area contributed by atoms with E-state index >= 15 is 0 Å². The molecule has 7 rings (SSSR count). The second-order valence-corrected chi connectivity index (χ2v) is 18.5. The van der Waals surface area contributed by atoms with Crippen molar-refractivity contribution < 1.29 is 111 Å². The van der Waals surface area contributed by atoms with Gasteiger partial charge in [0, 0.05) is 11.4 Å². The van der Waals surface area contributed by atoms with Crippen LogP contribution < -0.4 is 75.5 Å². The number of nitrogen functional groups attached to an aromatic ring is 2. The summed E-state index contributed by atoms with van der Waals surface area (Å²) in [7, 11) is -19.9. The van der Waals surface area contributed by atoms with Crippen LogP contribution in [0.25, 0.3) is 24.3 Å². The van der Waals surface area contributed by atoms with Gasteiger partial charge < -0.3 is 20.6 Å². The van der Waals surface area contributed by atoms with Crippen LogP contribution in [0.5, 0.6) is 0 Å². The van der Waals surface area contributed by atoms with E-state index in [0.717, 1.165) is 29.1 Å². The Morgan fingerprint density at radius 2 is 0.866 bits per heavy atom. The molecule has 0 atom stereocenters. The summed E-state index contributed by atoms with van der Waals surface area (Å²) >= 11 is 0. The fraction of sp³-hybridized carbons (Fsp3) is 0. The summed E-state index contributed by atoms with van der Waals surface area (Å²) in [5.41, 5.74) is 15.2. The smallest absolute Gasteiger partial charge is 0.744 e. The monoisotopic (exact) mass is 1000 g/mol. The summed E-state index contributed by atoms with van der Waals surface area (Å²) < 4.78 is 131. The molecule has 0 unspecified atom stereocenters. The number of aromatic nitrogens is 3. The van der Waals surface area contributed by atoms with Gasteiger partial charge in [0.2, 0.25) is 0 Å². The van der Waals surface area contributed by atoms with Crippen molar-refractivity contribution in [1.82, 2.24) is 15.4 Å². The van der Waals surface area contributed by atoms with Gasteiger partial charge in [-0.25, -0.2) is 16.8 Å². The van der Waals surface area contributed by atoms with Crippen LogP contribution in [0.3, 0.4) is 0 Å². The van der Waals surface area contributed by atoms with Gasteiger partial charge in [0.15, 0.2) is 11.6 Å². The van der Waals surface area contributed by atoms with Crippen molar-refractivity contribution >= 4 is 93.5 Å². The van der Waals surface area contributed by atoms with Gasteiger partial charge in [-0.15, -0.1) is 10.2 Å². The molecule has 0 radical (unpaired) electrons. The Labute approximate surface area is 431 Å². The Morgan fingerprint density at radius 3 is 1.25 bits per heavy atom. The fourth-order valence-electron chi connectivity index (χ4n) is 5.82. The van der Waals surface area contributed by atoms with E-state index in [1.807, 2.05) is 65.6 Å². The number of rotatable bonds is 11. The Hall–Kier alpha value is -5.15. The number of benzene rings is 6. The quantitative estimate of drug-likeness (QED) is 0.0780. The van der Waals surface area contributed by atoms with Crippen molar-refractivity contribution in [3.63, 3.8) is 0 Å². The zero-order chi connectivity index (χ0) is 47.4. The number of nitrogens with two attached hydrogens (primary N) is 2. The first-order valence-electron chi connectivity index (χ1n) is 18.4. The molecule has 24 heteroatoms. The Bertz CT molecular complexity index is 3090. The predicted molar refractivity (Wildman–Crippen MR) is 243 cm³/mol. The molecule has 0 aliphatic rings. The maximum absolute atomic E-state index is 11.5. The molecule has 67 heavy (non-hydrogen) atoms. The molecule has 6 aromatic carbocycles. The van der Waals surface area contributed by atoms with Crippen molar-refractivity contribution in [2.45, 2.75) is 19.6 Å². The largest absolute Gasteiger partial charge is 1.00 e. The number of para-hydroxylation sites is 2. The van der Waals surface area contributed by atoms with Gasteiger partial charge >= 0.3 is 59.1 Å². The predicted octanol–water partition coefficient (Wildman–Crippen LogP) is 0.529. The minimum Gasteiger partial charge on any atom is -0.744 e. The molecule has 1 heterocycles. The molecule has 0 saturated heterocycles. The normalized spacial score (nSPS) is 11.5. The molecule has 336 valence electrons. The maximum Gasteiger partial charge on any atom is 1.00 e. The van der Waals surface area contributed by atoms with Crippen molar-refractivity contribution in [2.24, 2.45) is 0 Å². The number of anilines is 5. The van der Waals surface area contributed by atoms with Gasteiger partial charge in [0.25, 0.3) is 20.2 Å². The molecule has 0 spiro atoms. The molecule has 0 aliphatic carbocycles. The summed E-state index contributed by atoms with van der Waals surface area (Å²) in [6.45, 7) is 0. The second kappa shape index (κ2) is 24.7. The average molecular weight is 1000 g/mol. The minimum absolute atomic E-state index is 0. The van der Waals surface area contributed by atoms with Gasteiger partial charge in [-0.1, -0.05) is 146 Å². The van der Waals surface area contributed by atoms with Gasteiger partial charge in [-0.3, -0.25) is 14.0 Å². The van der Waals surface area contributed by atoms with Crippen LogP contribution >= 0.6 is 0 Å². The zero-order valence-electron chi connectivity index (χ0n) is 35.4.